The number of nitrogens with zero attached hydrogens (tertiary/aromatic N) is 9. The van der Waals surface area contributed by atoms with E-state index < -0.39 is 203 Å². The molecule has 612 valence electrons. The molecule has 7 fully saturated rings. The molecule has 4 saturated carbocycles. The molecule has 1 spiro atoms. The minimum atomic E-state index is -4.57. The molecule has 0 bridgehead atoms. The molecule has 7 aliphatic rings. The van der Waals surface area contributed by atoms with Gasteiger partial charge in [-0.15, -0.1) is 11.6 Å². The number of alkyl halides is 7. The lowest BCUT2D eigenvalue weighted by molar-refractivity contribution is -0.184. The van der Waals surface area contributed by atoms with Gasteiger partial charge in [0.1, 0.15) is 59.9 Å². The van der Waals surface area contributed by atoms with E-state index in [1.54, 1.807) is 27.7 Å². The van der Waals surface area contributed by atoms with Crippen LogP contribution in [0.2, 0.25) is 0 Å². The Labute approximate surface area is 638 Å². The second-order valence-corrected chi connectivity index (χ2v) is 33.2. The number of rotatable bonds is 15. The third kappa shape index (κ3) is 21.2. The summed E-state index contributed by atoms with van der Waals surface area (Å²) >= 11 is 6.44. The average Bonchev–Trinajstić information content (AvgIpc) is 1.35. The smallest absolute Gasteiger partial charge is 0.377 e. The van der Waals surface area contributed by atoms with Crippen LogP contribution < -0.4 is 16.0 Å². The molecule has 0 aromatic carbocycles. The van der Waals surface area contributed by atoms with Crippen molar-refractivity contribution in [3.63, 3.8) is 0 Å². The van der Waals surface area contributed by atoms with Crippen molar-refractivity contribution in [1.82, 2.24) is 60.0 Å². The van der Waals surface area contributed by atoms with Crippen LogP contribution in [-0.2, 0) is 62.3 Å². The third-order valence-corrected chi connectivity index (χ3v) is 25.0. The summed E-state index contributed by atoms with van der Waals surface area (Å²) in [4.78, 5) is 193. The highest BCUT2D eigenvalue weighted by Gasteiger charge is 2.54. The van der Waals surface area contributed by atoms with Crippen LogP contribution in [0.1, 0.15) is 203 Å². The van der Waals surface area contributed by atoms with E-state index in [9.17, 15) is 55.1 Å². The molecule has 3 N–H and O–H groups in total. The summed E-state index contributed by atoms with van der Waals surface area (Å²) in [6.07, 6.45) is -7.07. The van der Waals surface area contributed by atoms with Crippen LogP contribution in [0.25, 0.3) is 0 Å². The predicted octanol–water partition coefficient (Wildman–Crippen LogP) is 7.28. The van der Waals surface area contributed by atoms with Gasteiger partial charge in [-0.25, -0.2) is 0 Å². The molecule has 3 saturated heterocycles. The van der Waals surface area contributed by atoms with Gasteiger partial charge in [0.25, 0.3) is 0 Å². The van der Waals surface area contributed by atoms with E-state index in [-0.39, 0.29) is 135 Å². The maximum Gasteiger partial charge on any atom is 0.393 e. The summed E-state index contributed by atoms with van der Waals surface area (Å²) in [6.45, 7) is 11.3. The molecule has 3 aliphatic heterocycles. The lowest BCUT2D eigenvalue weighted by atomic mass is 9.78. The van der Waals surface area contributed by atoms with Gasteiger partial charge in [-0.1, -0.05) is 66.7 Å². The Morgan fingerprint density at radius 3 is 1.83 bits per heavy atom. The molecule has 14 atom stereocenters. The SMILES string of the molecule is CCCN1C(=O)[C@@H]2CCN2C(=O)[C@H](C)N(C)C(=O)[C@H]([C@@H](C)CC)NC(=O)[C@H](CC(C)C)N(C)C(=O)C[C@@H](C(=O)N(C)C)N(C)C(=O)[C@H](C2CCCC2)N(C)C(=O)C2(CCCC2)NC(=O)[C@@H]2C[C@@H](OCC)CN2C(=O)[C@H](CCC2CCC(C(F)(F)F)C(Cl)C2)NC(=O)CN(C)C(=O)[C@@H]1CC1CCC(C(F)(F)F)CC1. The highest BCUT2D eigenvalue weighted by molar-refractivity contribution is 6.21. The Kier molecular flexibility index (Phi) is 31.3. The molecule has 7 rings (SSSR count). The quantitative estimate of drug-likeness (QED) is 0.107. The van der Waals surface area contributed by atoms with Crippen molar-refractivity contribution >= 4 is 82.5 Å². The zero-order valence-corrected chi connectivity index (χ0v) is 66.6. The molecule has 0 radical (unpaired) electrons. The lowest BCUT2D eigenvalue weighted by Gasteiger charge is -2.46. The fourth-order valence-corrected chi connectivity index (χ4v) is 18.1. The zero-order chi connectivity index (χ0) is 80.4. The van der Waals surface area contributed by atoms with Gasteiger partial charge in [-0.3, -0.25) is 57.5 Å². The van der Waals surface area contributed by atoms with Crippen molar-refractivity contribution in [3.05, 3.63) is 0 Å². The van der Waals surface area contributed by atoms with Gasteiger partial charge >= 0.3 is 12.4 Å². The van der Waals surface area contributed by atoms with Crippen molar-refractivity contribution in [2.24, 2.45) is 41.4 Å². The number of amides is 12. The maximum atomic E-state index is 15.7. The molecule has 3 unspecified atom stereocenters. The van der Waals surface area contributed by atoms with Crippen molar-refractivity contribution in [2.75, 3.05) is 82.1 Å². The number of hydrogen-bond acceptors (Lipinski definition) is 13. The van der Waals surface area contributed by atoms with Crippen molar-refractivity contribution in [3.8, 4) is 0 Å². The molecule has 12 amide bonds. The number of ether oxygens (including phenoxy) is 1. The molecule has 0 aromatic heterocycles. The Hall–Kier alpha value is -6.53. The van der Waals surface area contributed by atoms with Crippen molar-refractivity contribution < 1.29 is 88.6 Å². The number of carbonyl (C=O) groups is 12. The first-order valence-corrected chi connectivity index (χ1v) is 39.8. The van der Waals surface area contributed by atoms with Crippen LogP contribution >= 0.6 is 11.6 Å². The minimum absolute atomic E-state index is 0.0446. The van der Waals surface area contributed by atoms with Crippen LogP contribution in [0.4, 0.5) is 26.3 Å². The van der Waals surface area contributed by atoms with Gasteiger partial charge < -0.3 is 64.8 Å². The summed E-state index contributed by atoms with van der Waals surface area (Å²) < 4.78 is 90.9. The minimum Gasteiger partial charge on any atom is -0.377 e. The van der Waals surface area contributed by atoms with E-state index in [2.05, 4.69) is 16.0 Å². The fourth-order valence-electron chi connectivity index (χ4n) is 17.6. The molecule has 4 aliphatic carbocycles. The number of likely N-dealkylation sites (N-methyl/N-ethyl adjacent to an activating group) is 6. The van der Waals surface area contributed by atoms with E-state index in [1.807, 2.05) is 13.8 Å². The first-order valence-electron chi connectivity index (χ1n) is 39.4. The van der Waals surface area contributed by atoms with Crippen LogP contribution in [0.3, 0.4) is 0 Å². The highest BCUT2D eigenvalue weighted by atomic mass is 35.5. The second-order valence-electron chi connectivity index (χ2n) is 32.7. The summed E-state index contributed by atoms with van der Waals surface area (Å²) in [5.74, 6) is -14.2. The van der Waals surface area contributed by atoms with Crippen LogP contribution in [-0.4, -0.2) is 281 Å². The van der Waals surface area contributed by atoms with Crippen molar-refractivity contribution in [2.45, 2.75) is 286 Å². The van der Waals surface area contributed by atoms with Crippen LogP contribution in [0, 0.1) is 41.4 Å². The van der Waals surface area contributed by atoms with Gasteiger partial charge in [0, 0.05) is 87.4 Å². The number of nitrogens with one attached hydrogen (secondary N) is 3. The standard InChI is InChI=1S/C76H121ClF6N12O13/c1-15-35-93-59(39-48-24-28-50(29-25-48)75(78,79)80)69(103)88(10)43-60(96)84-54(31-27-47-26-30-52(53(77)38-47)76(81,82)83)67(101)95-42-51(108-17-3)40-57(95)65(99)86-74(33-20-21-34-74)73(107)92(14)63(49-22-18-19-23-49)72(106)91(13)58(68(102)87(8)9)41-61(97)90(12)56(37-44(4)5)64(98)85-62(45(6)16-2)71(105)89(11)46(7)66(100)94-36-32-55(94)70(93)104/h44-59,62-63H,15-43H2,1-14H3,(H,84,96)(H,85,98)(H,86,99)/t45-,46-,47?,48?,50?,51+,52?,53?,54-,55-,56-,57-,58-,59-,62-,63-/m0/s1. The van der Waals surface area contributed by atoms with Crippen LogP contribution in [0.15, 0.2) is 0 Å². The molecule has 108 heavy (non-hydrogen) atoms. The topological polar surface area (TPSA) is 279 Å². The first kappa shape index (κ1) is 88.7. The van der Waals surface area contributed by atoms with Gasteiger partial charge in [-0.2, -0.15) is 26.3 Å². The number of fused-ring (bicyclic) bond motifs is 2. The summed E-state index contributed by atoms with van der Waals surface area (Å²) in [6, 6.07) is -12.0. The predicted molar refractivity (Wildman–Crippen MR) is 390 cm³/mol. The first-order chi connectivity index (χ1) is 50.6. The molecular weight excluding hydrogens is 1440 g/mol. The summed E-state index contributed by atoms with van der Waals surface area (Å²) in [5, 5.41) is 7.44. The highest BCUT2D eigenvalue weighted by Crippen LogP contribution is 2.45. The maximum absolute atomic E-state index is 15.7. The fraction of sp³-hybridized carbons (Fsp3) is 0.842. The molecule has 0 aromatic rings. The number of carbonyl (C=O) groups excluding carboxylic acids is 12. The molecular formula is C76H121ClF6N12O13. The molecule has 3 heterocycles. The third-order valence-electron chi connectivity index (χ3n) is 24.6. The van der Waals surface area contributed by atoms with Gasteiger partial charge in [0.05, 0.1) is 30.9 Å². The van der Waals surface area contributed by atoms with E-state index in [0.717, 1.165) is 9.80 Å². The largest absolute Gasteiger partial charge is 0.393 e. The number of hydrogen-bond donors (Lipinski definition) is 3. The zero-order valence-electron chi connectivity index (χ0n) is 65.9. The van der Waals surface area contributed by atoms with Gasteiger partial charge in [0.15, 0.2) is 0 Å². The van der Waals surface area contributed by atoms with E-state index in [0.29, 0.717) is 44.9 Å². The Bertz CT molecular complexity index is 3190. The Morgan fingerprint density at radius 1 is 0.657 bits per heavy atom. The normalized spacial score (nSPS) is 31.6. The molecule has 25 nitrogen and oxygen atoms in total. The summed E-state index contributed by atoms with van der Waals surface area (Å²) in [5.41, 5.74) is -1.66. The molecule has 32 heteroatoms. The second kappa shape index (κ2) is 38.1. The lowest BCUT2D eigenvalue weighted by Crippen LogP contribution is -2.65. The van der Waals surface area contributed by atoms with E-state index >= 15 is 28.8 Å². The van der Waals surface area contributed by atoms with E-state index in [4.69, 9.17) is 16.3 Å². The van der Waals surface area contributed by atoms with Crippen molar-refractivity contribution in [1.29, 1.82) is 0 Å². The monoisotopic (exact) mass is 1560 g/mol. The van der Waals surface area contributed by atoms with Crippen LogP contribution in [0.5, 0.6) is 0 Å². The van der Waals surface area contributed by atoms with Gasteiger partial charge in [0.2, 0.25) is 70.9 Å². The van der Waals surface area contributed by atoms with E-state index in [1.165, 1.54) is 90.6 Å². The summed E-state index contributed by atoms with van der Waals surface area (Å²) in [7, 11) is 9.84. The number of halogens is 7. The Morgan fingerprint density at radius 2 is 1.29 bits per heavy atom. The Balaban J connectivity index is 1.33. The van der Waals surface area contributed by atoms with Gasteiger partial charge in [-0.05, 0) is 153 Å². The average molecular weight is 1560 g/mol.